The lowest BCUT2D eigenvalue weighted by molar-refractivity contribution is -0.104. The first-order valence-electron chi connectivity index (χ1n) is 7.79. The van der Waals surface area contributed by atoms with Crippen molar-refractivity contribution in [2.75, 3.05) is 6.61 Å². The van der Waals surface area contributed by atoms with Gasteiger partial charge in [-0.3, -0.25) is 11.3 Å². The zero-order valence-corrected chi connectivity index (χ0v) is 12.1. The second kappa shape index (κ2) is 6.36. The van der Waals surface area contributed by atoms with E-state index >= 15 is 0 Å². The van der Waals surface area contributed by atoms with Crippen LogP contribution in [-0.4, -0.2) is 18.2 Å². The van der Waals surface area contributed by atoms with Crippen LogP contribution in [0.1, 0.15) is 65.2 Å². The molecule has 3 heteroatoms. The van der Waals surface area contributed by atoms with Crippen molar-refractivity contribution >= 4 is 0 Å². The van der Waals surface area contributed by atoms with Crippen molar-refractivity contribution < 1.29 is 4.74 Å². The SMILES string of the molecule is CCC1CCC(C(NN)C2(C)CCCCO2)CC1. The van der Waals surface area contributed by atoms with Crippen molar-refractivity contribution in [2.24, 2.45) is 17.7 Å². The van der Waals surface area contributed by atoms with Gasteiger partial charge in [0.15, 0.2) is 0 Å². The lowest BCUT2D eigenvalue weighted by Crippen LogP contribution is -2.58. The molecule has 2 atom stereocenters. The number of ether oxygens (including phenoxy) is 1. The summed E-state index contributed by atoms with van der Waals surface area (Å²) in [4.78, 5) is 0. The van der Waals surface area contributed by atoms with Crippen LogP contribution in [0.25, 0.3) is 0 Å². The van der Waals surface area contributed by atoms with E-state index in [-0.39, 0.29) is 5.60 Å². The van der Waals surface area contributed by atoms with Gasteiger partial charge in [-0.25, -0.2) is 0 Å². The first-order valence-corrected chi connectivity index (χ1v) is 7.79. The summed E-state index contributed by atoms with van der Waals surface area (Å²) in [6, 6.07) is 0.329. The van der Waals surface area contributed by atoms with Crippen molar-refractivity contribution in [3.05, 3.63) is 0 Å². The molecule has 1 aliphatic carbocycles. The highest BCUT2D eigenvalue weighted by molar-refractivity contribution is 4.95. The maximum atomic E-state index is 6.08. The fourth-order valence-electron chi connectivity index (χ4n) is 3.94. The predicted molar refractivity (Wildman–Crippen MR) is 75.1 cm³/mol. The number of hydrazine groups is 1. The Balaban J connectivity index is 1.96. The number of nitrogens with two attached hydrogens (primary N) is 1. The van der Waals surface area contributed by atoms with Crippen LogP contribution >= 0.6 is 0 Å². The molecule has 106 valence electrons. The summed E-state index contributed by atoms with van der Waals surface area (Å²) < 4.78 is 6.08. The zero-order chi connectivity index (χ0) is 13.0. The van der Waals surface area contributed by atoms with Crippen LogP contribution in [0.5, 0.6) is 0 Å². The summed E-state index contributed by atoms with van der Waals surface area (Å²) in [5.41, 5.74) is 3.04. The van der Waals surface area contributed by atoms with Gasteiger partial charge in [0, 0.05) is 6.61 Å². The maximum Gasteiger partial charge on any atom is 0.0822 e. The number of hydrogen-bond acceptors (Lipinski definition) is 3. The van der Waals surface area contributed by atoms with Crippen LogP contribution in [0.3, 0.4) is 0 Å². The molecule has 0 radical (unpaired) electrons. The largest absolute Gasteiger partial charge is 0.374 e. The summed E-state index contributed by atoms with van der Waals surface area (Å²) in [6.07, 6.45) is 10.3. The summed E-state index contributed by atoms with van der Waals surface area (Å²) in [5, 5.41) is 0. The third kappa shape index (κ3) is 3.06. The van der Waals surface area contributed by atoms with Gasteiger partial charge >= 0.3 is 0 Å². The van der Waals surface area contributed by atoms with Crippen LogP contribution < -0.4 is 11.3 Å². The van der Waals surface area contributed by atoms with E-state index < -0.39 is 0 Å². The average molecular weight is 254 g/mol. The molecule has 0 spiro atoms. The standard InChI is InChI=1S/C15H30N2O/c1-3-12-6-8-13(9-7-12)14(17-16)15(2)10-4-5-11-18-15/h12-14,17H,3-11,16H2,1-2H3. The van der Waals surface area contributed by atoms with E-state index in [0.29, 0.717) is 12.0 Å². The minimum Gasteiger partial charge on any atom is -0.374 e. The molecule has 0 aromatic heterocycles. The Hall–Kier alpha value is -0.120. The van der Waals surface area contributed by atoms with Crippen LogP contribution in [-0.2, 0) is 4.74 Å². The first-order chi connectivity index (χ1) is 8.69. The van der Waals surface area contributed by atoms with E-state index in [4.69, 9.17) is 10.6 Å². The normalized spacial score (nSPS) is 39.5. The third-order valence-corrected chi connectivity index (χ3v) is 5.28. The quantitative estimate of drug-likeness (QED) is 0.599. The smallest absolute Gasteiger partial charge is 0.0822 e. The van der Waals surface area contributed by atoms with Crippen LogP contribution in [0.2, 0.25) is 0 Å². The van der Waals surface area contributed by atoms with E-state index in [0.717, 1.165) is 18.9 Å². The Bertz CT molecular complexity index is 243. The Morgan fingerprint density at radius 3 is 2.50 bits per heavy atom. The maximum absolute atomic E-state index is 6.08. The Labute approximate surface area is 112 Å². The summed E-state index contributed by atoms with van der Waals surface area (Å²) in [6.45, 7) is 5.47. The summed E-state index contributed by atoms with van der Waals surface area (Å²) >= 11 is 0. The highest BCUT2D eigenvalue weighted by Gasteiger charge is 2.41. The van der Waals surface area contributed by atoms with E-state index in [1.54, 1.807) is 0 Å². The molecule has 18 heavy (non-hydrogen) atoms. The highest BCUT2D eigenvalue weighted by Crippen LogP contribution is 2.39. The molecule has 2 fully saturated rings. The van der Waals surface area contributed by atoms with Crippen molar-refractivity contribution in [1.82, 2.24) is 5.43 Å². The Morgan fingerprint density at radius 1 is 1.28 bits per heavy atom. The molecule has 2 rings (SSSR count). The van der Waals surface area contributed by atoms with Gasteiger partial charge in [-0.1, -0.05) is 26.2 Å². The molecule has 1 heterocycles. The fourth-order valence-corrected chi connectivity index (χ4v) is 3.94. The van der Waals surface area contributed by atoms with Gasteiger partial charge in [0.1, 0.15) is 0 Å². The minimum atomic E-state index is -0.0449. The van der Waals surface area contributed by atoms with E-state index in [9.17, 15) is 0 Å². The van der Waals surface area contributed by atoms with Gasteiger partial charge in [-0.2, -0.15) is 0 Å². The van der Waals surface area contributed by atoms with Gasteiger partial charge in [-0.05, 0) is 50.9 Å². The molecule has 0 aromatic rings. The zero-order valence-electron chi connectivity index (χ0n) is 12.1. The fraction of sp³-hybridized carbons (Fsp3) is 1.00. The molecular formula is C15H30N2O. The molecule has 1 aliphatic heterocycles. The summed E-state index contributed by atoms with van der Waals surface area (Å²) in [5.74, 6) is 7.50. The van der Waals surface area contributed by atoms with E-state index in [2.05, 4.69) is 19.3 Å². The monoisotopic (exact) mass is 254 g/mol. The van der Waals surface area contributed by atoms with Gasteiger partial charge in [-0.15, -0.1) is 0 Å². The van der Waals surface area contributed by atoms with E-state index in [1.807, 2.05) is 0 Å². The molecule has 0 amide bonds. The minimum absolute atomic E-state index is 0.0449. The molecule has 0 bridgehead atoms. The second-order valence-electron chi connectivity index (χ2n) is 6.45. The third-order valence-electron chi connectivity index (χ3n) is 5.28. The van der Waals surface area contributed by atoms with Crippen molar-refractivity contribution in [3.8, 4) is 0 Å². The van der Waals surface area contributed by atoms with Crippen LogP contribution in [0, 0.1) is 11.8 Å². The molecular weight excluding hydrogens is 224 g/mol. The average Bonchev–Trinajstić information content (AvgIpc) is 2.41. The van der Waals surface area contributed by atoms with Gasteiger partial charge in [0.25, 0.3) is 0 Å². The lowest BCUT2D eigenvalue weighted by atomic mass is 9.72. The molecule has 1 saturated carbocycles. The summed E-state index contributed by atoms with van der Waals surface area (Å²) in [7, 11) is 0. The van der Waals surface area contributed by atoms with Crippen molar-refractivity contribution in [1.29, 1.82) is 0 Å². The number of rotatable bonds is 4. The number of hydrogen-bond donors (Lipinski definition) is 2. The second-order valence-corrected chi connectivity index (χ2v) is 6.45. The van der Waals surface area contributed by atoms with Crippen LogP contribution in [0.15, 0.2) is 0 Å². The van der Waals surface area contributed by atoms with E-state index in [1.165, 1.54) is 44.9 Å². The molecule has 0 aromatic carbocycles. The number of nitrogens with one attached hydrogen (secondary N) is 1. The van der Waals surface area contributed by atoms with Gasteiger partial charge < -0.3 is 4.74 Å². The topological polar surface area (TPSA) is 47.3 Å². The first kappa shape index (κ1) is 14.3. The molecule has 3 N–H and O–H groups in total. The van der Waals surface area contributed by atoms with Gasteiger partial charge in [0.05, 0.1) is 11.6 Å². The predicted octanol–water partition coefficient (Wildman–Crippen LogP) is 2.99. The van der Waals surface area contributed by atoms with Crippen LogP contribution in [0.4, 0.5) is 0 Å². The van der Waals surface area contributed by atoms with Crippen molar-refractivity contribution in [2.45, 2.75) is 76.9 Å². The molecule has 3 nitrogen and oxygen atoms in total. The lowest BCUT2D eigenvalue weighted by Gasteiger charge is -2.45. The molecule has 2 aliphatic rings. The highest BCUT2D eigenvalue weighted by atomic mass is 16.5. The molecule has 1 saturated heterocycles. The Kier molecular flexibility index (Phi) is 5.05. The van der Waals surface area contributed by atoms with Gasteiger partial charge in [0.2, 0.25) is 0 Å². The van der Waals surface area contributed by atoms with Crippen molar-refractivity contribution in [3.63, 3.8) is 0 Å². The Morgan fingerprint density at radius 2 is 2.00 bits per heavy atom. The molecule has 2 unspecified atom stereocenters.